The van der Waals surface area contributed by atoms with Crippen molar-refractivity contribution < 1.29 is 9.52 Å². The van der Waals surface area contributed by atoms with E-state index in [0.29, 0.717) is 39.4 Å². The average Bonchev–Trinajstić information content (AvgIpc) is 2.94. The highest BCUT2D eigenvalue weighted by Crippen LogP contribution is 2.32. The van der Waals surface area contributed by atoms with Crippen LogP contribution in [0, 0.1) is 6.92 Å². The summed E-state index contributed by atoms with van der Waals surface area (Å²) < 4.78 is 6.12. The van der Waals surface area contributed by atoms with Crippen molar-refractivity contribution in [3.63, 3.8) is 0 Å². The number of fused-ring (bicyclic) bond motifs is 1. The first-order valence-corrected chi connectivity index (χ1v) is 10.2. The summed E-state index contributed by atoms with van der Waals surface area (Å²) in [5, 5.41) is 11.6. The molecule has 3 aromatic rings. The van der Waals surface area contributed by atoms with Gasteiger partial charge in [0.05, 0.1) is 16.5 Å². The molecule has 2 aromatic carbocycles. The Hall–Kier alpha value is -2.30. The number of halogens is 1. The number of likely N-dealkylation sites (tertiary alicyclic amines) is 1. The van der Waals surface area contributed by atoms with Crippen LogP contribution in [0.4, 0.5) is 0 Å². The zero-order chi connectivity index (χ0) is 19.7. The van der Waals surface area contributed by atoms with E-state index in [9.17, 15) is 9.90 Å². The van der Waals surface area contributed by atoms with E-state index in [0.717, 1.165) is 31.5 Å². The lowest BCUT2D eigenvalue weighted by molar-refractivity contribution is 0.272. The van der Waals surface area contributed by atoms with E-state index in [2.05, 4.69) is 4.90 Å². The van der Waals surface area contributed by atoms with Crippen LogP contribution in [0.2, 0.25) is 5.02 Å². The molecule has 0 atom stereocenters. The van der Waals surface area contributed by atoms with E-state index in [4.69, 9.17) is 16.0 Å². The minimum absolute atomic E-state index is 0.0850. The Balaban J connectivity index is 1.83. The lowest BCUT2D eigenvalue weighted by Crippen LogP contribution is -2.24. The Morgan fingerprint density at radius 3 is 2.39 bits per heavy atom. The normalized spacial score (nSPS) is 15.6. The molecule has 146 valence electrons. The Bertz CT molecular complexity index is 1050. The smallest absolute Gasteiger partial charge is 0.200 e. The molecule has 0 unspecified atom stereocenters. The van der Waals surface area contributed by atoms with Gasteiger partial charge in [0.15, 0.2) is 0 Å². The fraction of sp³-hybridized carbons (Fsp3) is 0.348. The van der Waals surface area contributed by atoms with E-state index >= 15 is 0 Å². The molecule has 5 heteroatoms. The highest BCUT2D eigenvalue weighted by molar-refractivity contribution is 6.30. The second-order valence-electron chi connectivity index (χ2n) is 7.50. The molecule has 1 N–H and O–H groups in total. The number of phenols is 1. The monoisotopic (exact) mass is 397 g/mol. The van der Waals surface area contributed by atoms with Crippen LogP contribution in [0.5, 0.6) is 5.75 Å². The van der Waals surface area contributed by atoms with Gasteiger partial charge in [0.1, 0.15) is 17.1 Å². The molecule has 0 spiro atoms. The van der Waals surface area contributed by atoms with Gasteiger partial charge in [0.25, 0.3) is 0 Å². The Labute approximate surface area is 169 Å². The molecule has 0 saturated carbocycles. The number of aromatic hydroxyl groups is 1. The van der Waals surface area contributed by atoms with Gasteiger partial charge in [-0.1, -0.05) is 36.6 Å². The Kier molecular flexibility index (Phi) is 5.42. The maximum Gasteiger partial charge on any atom is 0.200 e. The summed E-state index contributed by atoms with van der Waals surface area (Å²) in [6.45, 7) is 4.39. The lowest BCUT2D eigenvalue weighted by Gasteiger charge is -2.21. The van der Waals surface area contributed by atoms with Crippen LogP contribution in [0.15, 0.2) is 45.6 Å². The van der Waals surface area contributed by atoms with Gasteiger partial charge in [-0.2, -0.15) is 0 Å². The van der Waals surface area contributed by atoms with Crippen LogP contribution in [0.3, 0.4) is 0 Å². The molecule has 0 radical (unpaired) electrons. The van der Waals surface area contributed by atoms with Crippen LogP contribution >= 0.6 is 11.6 Å². The van der Waals surface area contributed by atoms with Crippen molar-refractivity contribution in [2.24, 2.45) is 0 Å². The van der Waals surface area contributed by atoms with Crippen LogP contribution in [-0.4, -0.2) is 23.1 Å². The molecule has 4 nitrogen and oxygen atoms in total. The summed E-state index contributed by atoms with van der Waals surface area (Å²) >= 11 is 5.98. The van der Waals surface area contributed by atoms with Crippen molar-refractivity contribution >= 4 is 22.6 Å². The maximum atomic E-state index is 13.3. The van der Waals surface area contributed by atoms with E-state index < -0.39 is 0 Å². The zero-order valence-electron chi connectivity index (χ0n) is 16.0. The van der Waals surface area contributed by atoms with Gasteiger partial charge in [0, 0.05) is 11.6 Å². The van der Waals surface area contributed by atoms with E-state index in [1.807, 2.05) is 12.1 Å². The van der Waals surface area contributed by atoms with Crippen LogP contribution in [0.25, 0.3) is 22.1 Å². The molecule has 0 aliphatic carbocycles. The fourth-order valence-electron chi connectivity index (χ4n) is 4.03. The number of rotatable bonds is 3. The third-order valence-electron chi connectivity index (χ3n) is 5.53. The molecule has 0 amide bonds. The Morgan fingerprint density at radius 2 is 1.71 bits per heavy atom. The molecule has 4 rings (SSSR count). The van der Waals surface area contributed by atoms with Crippen LogP contribution < -0.4 is 5.43 Å². The van der Waals surface area contributed by atoms with Gasteiger partial charge in [-0.15, -0.1) is 0 Å². The summed E-state index contributed by atoms with van der Waals surface area (Å²) in [6.07, 6.45) is 4.82. The molecule has 1 aliphatic rings. The van der Waals surface area contributed by atoms with E-state index in [1.165, 1.54) is 12.8 Å². The average molecular weight is 398 g/mol. The SMILES string of the molecule is Cc1oc2c(CN3CCCCCC3)c(O)ccc2c(=O)c1-c1ccc(Cl)cc1. The molecule has 1 saturated heterocycles. The second-order valence-corrected chi connectivity index (χ2v) is 7.94. The third-order valence-corrected chi connectivity index (χ3v) is 5.78. The molecule has 28 heavy (non-hydrogen) atoms. The first-order chi connectivity index (χ1) is 13.5. The topological polar surface area (TPSA) is 53.7 Å². The van der Waals surface area contributed by atoms with Crippen molar-refractivity contribution in [2.75, 3.05) is 13.1 Å². The van der Waals surface area contributed by atoms with Crippen molar-refractivity contribution in [3.8, 4) is 16.9 Å². The lowest BCUT2D eigenvalue weighted by atomic mass is 10.0. The third kappa shape index (κ3) is 3.67. The zero-order valence-corrected chi connectivity index (χ0v) is 16.8. The van der Waals surface area contributed by atoms with Gasteiger partial charge in [0.2, 0.25) is 5.43 Å². The predicted octanol–water partition coefficient (Wildman–Crippen LogP) is 5.50. The summed E-state index contributed by atoms with van der Waals surface area (Å²) in [7, 11) is 0. The number of hydrogen-bond donors (Lipinski definition) is 1. The predicted molar refractivity (Wildman–Crippen MR) is 113 cm³/mol. The minimum atomic E-state index is -0.0850. The van der Waals surface area contributed by atoms with Crippen molar-refractivity contribution in [1.82, 2.24) is 4.90 Å². The highest BCUT2D eigenvalue weighted by atomic mass is 35.5. The highest BCUT2D eigenvalue weighted by Gasteiger charge is 2.20. The van der Waals surface area contributed by atoms with Crippen molar-refractivity contribution in [3.05, 3.63) is 63.0 Å². The summed E-state index contributed by atoms with van der Waals surface area (Å²) in [5.74, 6) is 0.723. The Morgan fingerprint density at radius 1 is 1.04 bits per heavy atom. The second kappa shape index (κ2) is 7.98. The first-order valence-electron chi connectivity index (χ1n) is 9.81. The molecule has 1 aromatic heterocycles. The van der Waals surface area contributed by atoms with E-state index in [-0.39, 0.29) is 11.2 Å². The first kappa shape index (κ1) is 19.0. The summed E-state index contributed by atoms with van der Waals surface area (Å²) in [6, 6.07) is 10.4. The standard InChI is InChI=1S/C23H24ClNO3/c1-15-21(16-6-8-17(24)9-7-16)22(27)18-10-11-20(26)19(23(18)28-15)14-25-12-4-2-3-5-13-25/h6-11,26H,2-5,12-14H2,1H3. The quantitative estimate of drug-likeness (QED) is 0.633. The number of benzene rings is 2. The van der Waals surface area contributed by atoms with Crippen LogP contribution in [-0.2, 0) is 6.54 Å². The van der Waals surface area contributed by atoms with Gasteiger partial charge in [-0.3, -0.25) is 9.69 Å². The van der Waals surface area contributed by atoms with Gasteiger partial charge in [-0.25, -0.2) is 0 Å². The maximum absolute atomic E-state index is 13.3. The van der Waals surface area contributed by atoms with Crippen molar-refractivity contribution in [2.45, 2.75) is 39.2 Å². The molecular formula is C23H24ClNO3. The van der Waals surface area contributed by atoms with Gasteiger partial charge < -0.3 is 9.52 Å². The minimum Gasteiger partial charge on any atom is -0.507 e. The molecular weight excluding hydrogens is 374 g/mol. The van der Waals surface area contributed by atoms with E-state index in [1.54, 1.807) is 31.2 Å². The fourth-order valence-corrected chi connectivity index (χ4v) is 4.16. The largest absolute Gasteiger partial charge is 0.507 e. The van der Waals surface area contributed by atoms with Crippen molar-refractivity contribution in [1.29, 1.82) is 0 Å². The molecule has 0 bridgehead atoms. The molecule has 2 heterocycles. The summed E-state index contributed by atoms with van der Waals surface area (Å²) in [5.41, 5.74) is 2.42. The number of nitrogens with zero attached hydrogens (tertiary/aromatic N) is 1. The van der Waals surface area contributed by atoms with Crippen LogP contribution in [0.1, 0.15) is 37.0 Å². The number of aryl methyl sites for hydroxylation is 1. The van der Waals surface area contributed by atoms with Gasteiger partial charge >= 0.3 is 0 Å². The number of hydrogen-bond acceptors (Lipinski definition) is 4. The van der Waals surface area contributed by atoms with Gasteiger partial charge in [-0.05, 0) is 62.7 Å². The summed E-state index contributed by atoms with van der Waals surface area (Å²) in [4.78, 5) is 15.6. The number of phenolic OH excluding ortho intramolecular Hbond substituents is 1. The molecule has 1 fully saturated rings. The molecule has 1 aliphatic heterocycles.